The maximum absolute atomic E-state index is 13.1. The summed E-state index contributed by atoms with van der Waals surface area (Å²) in [7, 11) is 0. The van der Waals surface area contributed by atoms with Crippen molar-refractivity contribution >= 4 is 35.1 Å². The quantitative estimate of drug-likeness (QED) is 0.239. The molecule has 39 heavy (non-hydrogen) atoms. The molecular weight excluding hydrogens is 510 g/mol. The van der Waals surface area contributed by atoms with Crippen LogP contribution < -0.4 is 10.6 Å². The van der Waals surface area contributed by atoms with Crippen LogP contribution in [0.4, 0.5) is 20.2 Å². The van der Waals surface area contributed by atoms with Crippen molar-refractivity contribution in [3.05, 3.63) is 130 Å². The Bertz CT molecular complexity index is 1470. The van der Waals surface area contributed by atoms with E-state index in [0.29, 0.717) is 11.1 Å². The van der Waals surface area contributed by atoms with Crippen LogP contribution in [0, 0.1) is 11.6 Å². The van der Waals surface area contributed by atoms with Crippen molar-refractivity contribution < 1.29 is 38.2 Å². The third-order valence-electron chi connectivity index (χ3n) is 5.75. The van der Waals surface area contributed by atoms with E-state index >= 15 is 0 Å². The second kappa shape index (κ2) is 11.3. The molecule has 0 aliphatic heterocycles. The number of rotatable bonds is 8. The van der Waals surface area contributed by atoms with E-state index in [1.807, 2.05) is 0 Å². The molecule has 4 rings (SSSR count). The number of benzene rings is 4. The summed E-state index contributed by atoms with van der Waals surface area (Å²) < 4.78 is 26.3. The number of hydrogen-bond acceptors (Lipinski definition) is 4. The van der Waals surface area contributed by atoms with Crippen molar-refractivity contribution in [2.45, 2.75) is 6.42 Å². The van der Waals surface area contributed by atoms with Gasteiger partial charge in [-0.15, -0.1) is 0 Å². The standard InChI is InChI=1S/C29H20F2N2O6/c30-20-7-3-18(4-8-20)26(34)32-24-11-1-16(14-22(24)28(36)37)13-17-2-12-25(23(15-17)29(38)39)33-27(35)19-5-9-21(31)10-6-19/h1-12,14-15H,13H2,(H,32,34)(H,33,35)(H,36,37)(H,38,39). The molecule has 4 N–H and O–H groups in total. The lowest BCUT2D eigenvalue weighted by Crippen LogP contribution is -2.15. The fourth-order valence-electron chi connectivity index (χ4n) is 3.80. The molecule has 0 radical (unpaired) electrons. The van der Waals surface area contributed by atoms with Gasteiger partial charge in [0.1, 0.15) is 11.6 Å². The van der Waals surface area contributed by atoms with Gasteiger partial charge in [-0.25, -0.2) is 18.4 Å². The highest BCUT2D eigenvalue weighted by Gasteiger charge is 2.17. The highest BCUT2D eigenvalue weighted by Crippen LogP contribution is 2.24. The number of nitrogens with one attached hydrogen (secondary N) is 2. The van der Waals surface area contributed by atoms with E-state index in [2.05, 4.69) is 10.6 Å². The van der Waals surface area contributed by atoms with Crippen LogP contribution in [-0.4, -0.2) is 34.0 Å². The molecule has 0 fully saturated rings. The van der Waals surface area contributed by atoms with Gasteiger partial charge < -0.3 is 20.8 Å². The van der Waals surface area contributed by atoms with Crippen molar-refractivity contribution in [3.8, 4) is 0 Å². The summed E-state index contributed by atoms with van der Waals surface area (Å²) in [6, 6.07) is 18.2. The number of carboxylic acid groups (broad SMARTS) is 2. The summed E-state index contributed by atoms with van der Waals surface area (Å²) in [5.74, 6) is -4.86. The van der Waals surface area contributed by atoms with Crippen LogP contribution >= 0.6 is 0 Å². The van der Waals surface area contributed by atoms with E-state index < -0.39 is 35.4 Å². The molecule has 0 heterocycles. The Hall–Kier alpha value is -5.38. The van der Waals surface area contributed by atoms with Gasteiger partial charge in [-0.2, -0.15) is 0 Å². The first-order valence-electron chi connectivity index (χ1n) is 11.5. The zero-order chi connectivity index (χ0) is 28.1. The molecule has 0 unspecified atom stereocenters. The number of carbonyl (C=O) groups is 4. The van der Waals surface area contributed by atoms with E-state index in [-0.39, 0.29) is 40.0 Å². The number of amides is 2. The minimum atomic E-state index is -1.30. The van der Waals surface area contributed by atoms with E-state index in [9.17, 15) is 38.2 Å². The lowest BCUT2D eigenvalue weighted by molar-refractivity contribution is 0.0687. The summed E-state index contributed by atoms with van der Waals surface area (Å²) in [5.41, 5.74) is 1.01. The largest absolute Gasteiger partial charge is 0.478 e. The first-order chi connectivity index (χ1) is 18.6. The predicted molar refractivity (Wildman–Crippen MR) is 138 cm³/mol. The van der Waals surface area contributed by atoms with Crippen LogP contribution in [0.2, 0.25) is 0 Å². The summed E-state index contributed by atoms with van der Waals surface area (Å²) in [6.45, 7) is 0. The Morgan fingerprint density at radius 1 is 0.564 bits per heavy atom. The number of aromatic carboxylic acids is 2. The fraction of sp³-hybridized carbons (Fsp3) is 0.0345. The fourth-order valence-corrected chi connectivity index (χ4v) is 3.80. The maximum Gasteiger partial charge on any atom is 0.337 e. The topological polar surface area (TPSA) is 133 Å². The molecule has 4 aromatic carbocycles. The number of hydrogen-bond donors (Lipinski definition) is 4. The zero-order valence-electron chi connectivity index (χ0n) is 20.1. The van der Waals surface area contributed by atoms with Crippen molar-refractivity contribution in [2.75, 3.05) is 10.6 Å². The normalized spacial score (nSPS) is 10.5. The first kappa shape index (κ1) is 26.7. The van der Waals surface area contributed by atoms with Crippen molar-refractivity contribution in [3.63, 3.8) is 0 Å². The third kappa shape index (κ3) is 6.50. The van der Waals surface area contributed by atoms with E-state index in [1.165, 1.54) is 48.5 Å². The Morgan fingerprint density at radius 3 is 1.26 bits per heavy atom. The summed E-state index contributed by atoms with van der Waals surface area (Å²) in [4.78, 5) is 48.7. The van der Waals surface area contributed by atoms with Crippen LogP contribution in [0.1, 0.15) is 52.6 Å². The van der Waals surface area contributed by atoms with Crippen LogP contribution in [0.15, 0.2) is 84.9 Å². The first-order valence-corrected chi connectivity index (χ1v) is 11.5. The molecule has 0 saturated carbocycles. The molecule has 0 aliphatic carbocycles. The molecule has 8 nitrogen and oxygen atoms in total. The number of carbonyl (C=O) groups excluding carboxylic acids is 2. The van der Waals surface area contributed by atoms with Gasteiger partial charge in [-0.1, -0.05) is 12.1 Å². The Labute approximate surface area is 220 Å². The summed E-state index contributed by atoms with van der Waals surface area (Å²) >= 11 is 0. The van der Waals surface area contributed by atoms with Gasteiger partial charge >= 0.3 is 11.9 Å². The molecule has 2 amide bonds. The second-order valence-electron chi connectivity index (χ2n) is 8.47. The molecule has 0 saturated heterocycles. The Kier molecular flexibility index (Phi) is 7.76. The Morgan fingerprint density at radius 2 is 0.923 bits per heavy atom. The van der Waals surface area contributed by atoms with Gasteiger partial charge in [-0.05, 0) is 90.3 Å². The lowest BCUT2D eigenvalue weighted by Gasteiger charge is -2.13. The average Bonchev–Trinajstić information content (AvgIpc) is 2.90. The van der Waals surface area contributed by atoms with Gasteiger partial charge in [0.05, 0.1) is 22.5 Å². The third-order valence-corrected chi connectivity index (χ3v) is 5.75. The number of anilines is 2. The number of halogens is 2. The second-order valence-corrected chi connectivity index (χ2v) is 8.47. The van der Waals surface area contributed by atoms with Gasteiger partial charge in [-0.3, -0.25) is 9.59 Å². The average molecular weight is 530 g/mol. The molecule has 0 spiro atoms. The van der Waals surface area contributed by atoms with Crippen LogP contribution in [-0.2, 0) is 6.42 Å². The van der Waals surface area contributed by atoms with Gasteiger partial charge in [0, 0.05) is 11.1 Å². The molecule has 0 atom stereocenters. The van der Waals surface area contributed by atoms with Crippen molar-refractivity contribution in [1.82, 2.24) is 0 Å². The molecule has 0 aliphatic rings. The molecule has 10 heteroatoms. The molecule has 196 valence electrons. The predicted octanol–water partition coefficient (Wildman–Crippen LogP) is 5.46. The minimum Gasteiger partial charge on any atom is -0.478 e. The van der Waals surface area contributed by atoms with Gasteiger partial charge in [0.15, 0.2) is 0 Å². The van der Waals surface area contributed by atoms with Gasteiger partial charge in [0.25, 0.3) is 11.8 Å². The smallest absolute Gasteiger partial charge is 0.337 e. The van der Waals surface area contributed by atoms with Gasteiger partial charge in [0.2, 0.25) is 0 Å². The van der Waals surface area contributed by atoms with E-state index in [4.69, 9.17) is 0 Å². The molecular formula is C29H20F2N2O6. The van der Waals surface area contributed by atoms with Crippen molar-refractivity contribution in [2.24, 2.45) is 0 Å². The van der Waals surface area contributed by atoms with Crippen LogP contribution in [0.3, 0.4) is 0 Å². The highest BCUT2D eigenvalue weighted by molar-refractivity contribution is 6.08. The maximum atomic E-state index is 13.1. The van der Waals surface area contributed by atoms with E-state index in [1.54, 1.807) is 12.1 Å². The summed E-state index contributed by atoms with van der Waals surface area (Å²) in [6.07, 6.45) is 0.152. The molecule has 0 bridgehead atoms. The van der Waals surface area contributed by atoms with Crippen molar-refractivity contribution in [1.29, 1.82) is 0 Å². The zero-order valence-corrected chi connectivity index (χ0v) is 20.1. The monoisotopic (exact) mass is 530 g/mol. The van der Waals surface area contributed by atoms with E-state index in [0.717, 1.165) is 24.3 Å². The Balaban J connectivity index is 1.54. The molecule has 4 aromatic rings. The molecule has 0 aromatic heterocycles. The van der Waals surface area contributed by atoms with Crippen LogP contribution in [0.25, 0.3) is 0 Å². The number of carboxylic acids is 2. The highest BCUT2D eigenvalue weighted by atomic mass is 19.1. The lowest BCUT2D eigenvalue weighted by atomic mass is 9.99. The minimum absolute atomic E-state index is 0.0330. The summed E-state index contributed by atoms with van der Waals surface area (Å²) in [5, 5.41) is 24.4. The van der Waals surface area contributed by atoms with Crippen LogP contribution in [0.5, 0.6) is 0 Å². The SMILES string of the molecule is O=C(Nc1ccc(Cc2ccc(NC(=O)c3ccc(F)cc3)c(C(=O)O)c2)cc1C(=O)O)c1ccc(F)cc1.